The number of benzene rings is 2. The van der Waals surface area contributed by atoms with E-state index in [1.807, 2.05) is 0 Å². The first-order chi connectivity index (χ1) is 12.8. The number of carbonyl (C=O) groups is 3. The van der Waals surface area contributed by atoms with Gasteiger partial charge in [-0.25, -0.2) is 0 Å². The van der Waals surface area contributed by atoms with E-state index < -0.39 is 44.3 Å². The lowest BCUT2D eigenvalue weighted by Gasteiger charge is -2.26. The molecular formula is C16H12N4O7. The molecule has 0 saturated heterocycles. The number of nitro benzene ring substituents is 2. The third-order valence-electron chi connectivity index (χ3n) is 4.09. The highest BCUT2D eigenvalue weighted by Crippen LogP contribution is 2.40. The van der Waals surface area contributed by atoms with Crippen molar-refractivity contribution in [1.82, 2.24) is 10.4 Å². The van der Waals surface area contributed by atoms with Gasteiger partial charge in [-0.3, -0.25) is 40.0 Å². The van der Waals surface area contributed by atoms with Gasteiger partial charge < -0.3 is 0 Å². The van der Waals surface area contributed by atoms with E-state index in [2.05, 4.69) is 5.43 Å². The Balaban J connectivity index is 2.28. The third kappa shape index (κ3) is 2.74. The normalized spacial score (nSPS) is 13.0. The van der Waals surface area contributed by atoms with Crippen LogP contribution in [0.4, 0.5) is 11.4 Å². The molecule has 0 aliphatic carbocycles. The monoisotopic (exact) mass is 372 g/mol. The largest absolute Gasteiger partial charge is 0.284 e. The smallest absolute Gasteiger partial charge is 0.273 e. The Labute approximate surface area is 150 Å². The Hall–Kier alpha value is -3.89. The van der Waals surface area contributed by atoms with Crippen LogP contribution in [0.1, 0.15) is 40.5 Å². The molecule has 0 bridgehead atoms. The number of hydrogen-bond acceptors (Lipinski definition) is 7. The van der Waals surface area contributed by atoms with Gasteiger partial charge in [0.1, 0.15) is 5.39 Å². The highest BCUT2D eigenvalue weighted by molar-refractivity contribution is 6.27. The minimum Gasteiger partial charge on any atom is -0.273 e. The summed E-state index contributed by atoms with van der Waals surface area (Å²) in [4.78, 5) is 58.1. The standard InChI is InChI=1S/C16H12N4O7/c1-2-3-12(21)17-18-15(22)8-4-6-10(19(24)25)14-11(20(26)27)7-5-9(13(8)14)16(18)23/h4-7H,2-3H2,1H3,(H,17,21). The summed E-state index contributed by atoms with van der Waals surface area (Å²) in [6, 6.07) is 4.16. The Morgan fingerprint density at radius 3 is 1.85 bits per heavy atom. The molecule has 138 valence electrons. The summed E-state index contributed by atoms with van der Waals surface area (Å²) in [5.74, 6) is -2.39. The molecule has 3 rings (SSSR count). The molecule has 11 nitrogen and oxygen atoms in total. The number of carbonyl (C=O) groups excluding carboxylic acids is 3. The van der Waals surface area contributed by atoms with Crippen molar-refractivity contribution in [2.75, 3.05) is 0 Å². The van der Waals surface area contributed by atoms with E-state index in [4.69, 9.17) is 0 Å². The van der Waals surface area contributed by atoms with E-state index in [1.165, 1.54) is 0 Å². The molecular weight excluding hydrogens is 360 g/mol. The van der Waals surface area contributed by atoms with Crippen LogP contribution in [0.3, 0.4) is 0 Å². The molecule has 3 amide bonds. The van der Waals surface area contributed by atoms with Gasteiger partial charge in [0.05, 0.1) is 21.0 Å². The Morgan fingerprint density at radius 2 is 1.44 bits per heavy atom. The maximum Gasteiger partial charge on any atom is 0.284 e. The molecule has 0 atom stereocenters. The molecule has 1 N–H and O–H groups in total. The maximum atomic E-state index is 12.7. The highest BCUT2D eigenvalue weighted by Gasteiger charge is 2.38. The van der Waals surface area contributed by atoms with Crippen LogP contribution >= 0.6 is 0 Å². The highest BCUT2D eigenvalue weighted by atomic mass is 16.6. The van der Waals surface area contributed by atoms with Crippen molar-refractivity contribution in [1.29, 1.82) is 0 Å². The lowest BCUT2D eigenvalue weighted by molar-refractivity contribution is -0.390. The lowest BCUT2D eigenvalue weighted by Crippen LogP contribution is -2.51. The van der Waals surface area contributed by atoms with Crippen molar-refractivity contribution < 1.29 is 24.2 Å². The minimum atomic E-state index is -0.919. The Kier molecular flexibility index (Phi) is 4.27. The van der Waals surface area contributed by atoms with Crippen molar-refractivity contribution in [2.24, 2.45) is 0 Å². The second-order valence-electron chi connectivity index (χ2n) is 5.76. The molecule has 2 aromatic rings. The summed E-state index contributed by atoms with van der Waals surface area (Å²) in [5, 5.41) is 22.6. The molecule has 11 heteroatoms. The fourth-order valence-electron chi connectivity index (χ4n) is 2.96. The summed E-state index contributed by atoms with van der Waals surface area (Å²) in [5.41, 5.74) is 0.728. The van der Waals surface area contributed by atoms with Crippen LogP contribution < -0.4 is 5.43 Å². The predicted molar refractivity (Wildman–Crippen MR) is 90.8 cm³/mol. The van der Waals surface area contributed by atoms with Gasteiger partial charge in [0.25, 0.3) is 23.2 Å². The maximum absolute atomic E-state index is 12.7. The fraction of sp³-hybridized carbons (Fsp3) is 0.188. The molecule has 0 aromatic heterocycles. The zero-order valence-electron chi connectivity index (χ0n) is 13.9. The average Bonchev–Trinajstić information content (AvgIpc) is 2.62. The number of nitrogens with one attached hydrogen (secondary N) is 1. The van der Waals surface area contributed by atoms with E-state index in [-0.39, 0.29) is 22.9 Å². The SMILES string of the molecule is CCCC(=O)NN1C(=O)c2ccc([N+](=O)[O-])c3c([N+](=O)[O-])ccc(c23)C1=O. The Bertz CT molecular complexity index is 978. The molecule has 2 aromatic carbocycles. The molecule has 0 radical (unpaired) electrons. The minimum absolute atomic E-state index is 0.0832. The topological polar surface area (TPSA) is 153 Å². The second-order valence-corrected chi connectivity index (χ2v) is 5.76. The molecule has 0 spiro atoms. The quantitative estimate of drug-likeness (QED) is 0.479. The average molecular weight is 372 g/mol. The van der Waals surface area contributed by atoms with Gasteiger partial charge in [0.15, 0.2) is 0 Å². The van der Waals surface area contributed by atoms with Gasteiger partial charge in [-0.05, 0) is 18.6 Å². The summed E-state index contributed by atoms with van der Waals surface area (Å²) in [7, 11) is 0. The van der Waals surface area contributed by atoms with Crippen molar-refractivity contribution >= 4 is 39.9 Å². The number of imide groups is 1. The predicted octanol–water partition coefficient (Wildman–Crippen LogP) is 2.08. The summed E-state index contributed by atoms with van der Waals surface area (Å²) in [6.45, 7) is 1.74. The fourth-order valence-corrected chi connectivity index (χ4v) is 2.96. The summed E-state index contributed by atoms with van der Waals surface area (Å²) in [6.07, 6.45) is 0.576. The van der Waals surface area contributed by atoms with Crippen molar-refractivity contribution in [3.05, 3.63) is 55.6 Å². The van der Waals surface area contributed by atoms with Gasteiger partial charge in [0, 0.05) is 23.9 Å². The van der Waals surface area contributed by atoms with Gasteiger partial charge >= 0.3 is 0 Å². The number of non-ortho nitro benzene ring substituents is 2. The first-order valence-corrected chi connectivity index (χ1v) is 7.84. The third-order valence-corrected chi connectivity index (χ3v) is 4.09. The van der Waals surface area contributed by atoms with Crippen LogP contribution in [0.25, 0.3) is 10.8 Å². The zero-order chi connectivity index (χ0) is 19.9. The molecule has 1 heterocycles. The van der Waals surface area contributed by atoms with Crippen LogP contribution in [-0.4, -0.2) is 32.6 Å². The molecule has 1 aliphatic rings. The number of hydrogen-bond donors (Lipinski definition) is 1. The first kappa shape index (κ1) is 17.9. The van der Waals surface area contributed by atoms with Gasteiger partial charge in [0.2, 0.25) is 5.91 Å². The number of hydrazine groups is 1. The number of nitro groups is 2. The van der Waals surface area contributed by atoms with Gasteiger partial charge in [-0.1, -0.05) is 6.92 Å². The second kappa shape index (κ2) is 6.44. The number of rotatable bonds is 5. The molecule has 0 saturated carbocycles. The molecule has 0 unspecified atom stereocenters. The Morgan fingerprint density at radius 1 is 0.963 bits per heavy atom. The number of nitrogens with zero attached hydrogens (tertiary/aromatic N) is 3. The number of amides is 3. The molecule has 0 fully saturated rings. The lowest BCUT2D eigenvalue weighted by atomic mass is 9.92. The van der Waals surface area contributed by atoms with Crippen molar-refractivity contribution in [3.63, 3.8) is 0 Å². The van der Waals surface area contributed by atoms with E-state index in [0.29, 0.717) is 11.4 Å². The van der Waals surface area contributed by atoms with E-state index in [0.717, 1.165) is 24.3 Å². The summed E-state index contributed by atoms with van der Waals surface area (Å²) < 4.78 is 0. The molecule has 1 aliphatic heterocycles. The van der Waals surface area contributed by atoms with Crippen LogP contribution in [-0.2, 0) is 4.79 Å². The zero-order valence-corrected chi connectivity index (χ0v) is 13.9. The van der Waals surface area contributed by atoms with Crippen LogP contribution in [0.5, 0.6) is 0 Å². The molecule has 27 heavy (non-hydrogen) atoms. The van der Waals surface area contributed by atoms with E-state index in [9.17, 15) is 34.6 Å². The van der Waals surface area contributed by atoms with Crippen molar-refractivity contribution in [2.45, 2.75) is 19.8 Å². The summed E-state index contributed by atoms with van der Waals surface area (Å²) >= 11 is 0. The van der Waals surface area contributed by atoms with Crippen LogP contribution in [0, 0.1) is 20.2 Å². The van der Waals surface area contributed by atoms with E-state index in [1.54, 1.807) is 6.92 Å². The van der Waals surface area contributed by atoms with Crippen molar-refractivity contribution in [3.8, 4) is 0 Å². The van der Waals surface area contributed by atoms with Gasteiger partial charge in [-0.15, -0.1) is 0 Å². The van der Waals surface area contributed by atoms with E-state index >= 15 is 0 Å². The van der Waals surface area contributed by atoms with Crippen LogP contribution in [0.15, 0.2) is 24.3 Å². The van der Waals surface area contributed by atoms with Crippen LogP contribution in [0.2, 0.25) is 0 Å². The van der Waals surface area contributed by atoms with Gasteiger partial charge in [-0.2, -0.15) is 5.01 Å². The first-order valence-electron chi connectivity index (χ1n) is 7.84.